The van der Waals surface area contributed by atoms with E-state index in [0.717, 1.165) is 0 Å². The number of halogens is 2. The van der Waals surface area contributed by atoms with Crippen molar-refractivity contribution in [3.63, 3.8) is 0 Å². The molecule has 0 saturated carbocycles. The molecule has 5 heterocycles. The average molecular weight is 609 g/mol. The summed E-state index contributed by atoms with van der Waals surface area (Å²) in [6.45, 7) is 13.6. The summed E-state index contributed by atoms with van der Waals surface area (Å²) in [5, 5.41) is 8.15. The van der Waals surface area contributed by atoms with Crippen LogP contribution in [-0.4, -0.2) is 105 Å². The molecule has 11 nitrogen and oxygen atoms in total. The molecule has 1 aromatic carbocycles. The second-order valence-corrected chi connectivity index (χ2v) is 12.2. The fourth-order valence-corrected chi connectivity index (χ4v) is 5.98. The van der Waals surface area contributed by atoms with E-state index in [-0.39, 0.29) is 34.7 Å². The fourth-order valence-electron chi connectivity index (χ4n) is 5.73. The van der Waals surface area contributed by atoms with Gasteiger partial charge in [0.1, 0.15) is 23.8 Å². The number of nitrogens with one attached hydrogen (secondary N) is 1. The van der Waals surface area contributed by atoms with Gasteiger partial charge in [-0.15, -0.1) is 0 Å². The lowest BCUT2D eigenvalue weighted by molar-refractivity contribution is -0.126. The number of anilines is 1. The standard InChI is InChI=1S/C30H34ClFN8O3/c1-6-24(41)38-9-11-39(12-10-38)28-17-7-8-20(25-18-14-33-37-21(18)13-19(32)26(25)31)34-27(17)35-29(36-28)43-23-16-40(30(2,3)4)15-22(23)42-5/h6-8,13-14,22-23H,1,9-12,15-16H2,2-5H3,(H,33,37)/t22-,23?/m1/s1. The minimum atomic E-state index is -0.579. The number of pyridine rings is 1. The zero-order chi connectivity index (χ0) is 30.5. The molecule has 2 atom stereocenters. The van der Waals surface area contributed by atoms with E-state index >= 15 is 0 Å². The molecule has 0 spiro atoms. The molecular formula is C30H34ClFN8O3. The van der Waals surface area contributed by atoms with Gasteiger partial charge in [-0.3, -0.25) is 14.8 Å². The highest BCUT2D eigenvalue weighted by molar-refractivity contribution is 6.35. The third-order valence-corrected chi connectivity index (χ3v) is 8.57. The molecule has 4 aromatic rings. The van der Waals surface area contributed by atoms with E-state index in [0.29, 0.717) is 78.3 Å². The highest BCUT2D eigenvalue weighted by atomic mass is 35.5. The highest BCUT2D eigenvalue weighted by Crippen LogP contribution is 2.37. The summed E-state index contributed by atoms with van der Waals surface area (Å²) in [5.41, 5.74) is 1.68. The number of likely N-dealkylation sites (tertiary alicyclic amines) is 1. The van der Waals surface area contributed by atoms with Crippen molar-refractivity contribution in [2.24, 2.45) is 0 Å². The van der Waals surface area contributed by atoms with Crippen LogP contribution in [0.15, 0.2) is 37.1 Å². The van der Waals surface area contributed by atoms with E-state index in [1.54, 1.807) is 24.3 Å². The van der Waals surface area contributed by atoms with Crippen molar-refractivity contribution in [1.29, 1.82) is 0 Å². The van der Waals surface area contributed by atoms with Gasteiger partial charge in [-0.05, 0) is 39.0 Å². The van der Waals surface area contributed by atoms with Crippen molar-refractivity contribution in [3.05, 3.63) is 47.9 Å². The molecular weight excluding hydrogens is 575 g/mol. The van der Waals surface area contributed by atoms with E-state index in [2.05, 4.69) is 47.3 Å². The van der Waals surface area contributed by atoms with Gasteiger partial charge < -0.3 is 19.3 Å². The first-order chi connectivity index (χ1) is 20.6. The van der Waals surface area contributed by atoms with Crippen LogP contribution in [-0.2, 0) is 9.53 Å². The maximum atomic E-state index is 14.8. The number of aromatic amines is 1. The summed E-state index contributed by atoms with van der Waals surface area (Å²) in [5.74, 6) is -0.0385. The van der Waals surface area contributed by atoms with Crippen molar-refractivity contribution >= 4 is 45.3 Å². The number of aromatic nitrogens is 5. The van der Waals surface area contributed by atoms with Crippen LogP contribution < -0.4 is 9.64 Å². The Morgan fingerprint density at radius 3 is 2.56 bits per heavy atom. The van der Waals surface area contributed by atoms with E-state index in [1.807, 2.05) is 6.07 Å². The summed E-state index contributed by atoms with van der Waals surface area (Å²) < 4.78 is 27.0. The van der Waals surface area contributed by atoms with Gasteiger partial charge in [0.25, 0.3) is 0 Å². The van der Waals surface area contributed by atoms with Crippen molar-refractivity contribution in [1.82, 2.24) is 34.9 Å². The van der Waals surface area contributed by atoms with Crippen LogP contribution in [0.25, 0.3) is 33.2 Å². The first kappa shape index (κ1) is 29.2. The highest BCUT2D eigenvalue weighted by Gasteiger charge is 2.40. The number of hydrogen-bond donors (Lipinski definition) is 1. The van der Waals surface area contributed by atoms with E-state index in [4.69, 9.17) is 36.0 Å². The van der Waals surface area contributed by atoms with Crippen LogP contribution in [0.2, 0.25) is 5.02 Å². The maximum absolute atomic E-state index is 14.8. The molecule has 1 amide bonds. The second-order valence-electron chi connectivity index (χ2n) is 11.8. The second kappa shape index (κ2) is 11.3. The molecule has 13 heteroatoms. The van der Waals surface area contributed by atoms with E-state index in [9.17, 15) is 9.18 Å². The van der Waals surface area contributed by atoms with Crippen molar-refractivity contribution in [3.8, 4) is 17.3 Å². The Morgan fingerprint density at radius 1 is 1.12 bits per heavy atom. The van der Waals surface area contributed by atoms with Crippen LogP contribution in [0.3, 0.4) is 0 Å². The zero-order valence-corrected chi connectivity index (χ0v) is 25.4. The van der Waals surface area contributed by atoms with Gasteiger partial charge in [-0.25, -0.2) is 9.37 Å². The number of ether oxygens (including phenoxy) is 2. The van der Waals surface area contributed by atoms with E-state index < -0.39 is 5.82 Å². The van der Waals surface area contributed by atoms with Gasteiger partial charge in [0.2, 0.25) is 5.91 Å². The Hall–Kier alpha value is -3.87. The molecule has 1 N–H and O–H groups in total. The molecule has 6 rings (SSSR count). The zero-order valence-electron chi connectivity index (χ0n) is 24.6. The lowest BCUT2D eigenvalue weighted by Gasteiger charge is -2.35. The summed E-state index contributed by atoms with van der Waals surface area (Å²) in [7, 11) is 1.68. The van der Waals surface area contributed by atoms with Crippen LogP contribution in [0.5, 0.6) is 6.01 Å². The smallest absolute Gasteiger partial charge is 0.320 e. The topological polar surface area (TPSA) is 113 Å². The van der Waals surface area contributed by atoms with E-state index in [1.165, 1.54) is 12.1 Å². The van der Waals surface area contributed by atoms with Gasteiger partial charge in [-0.2, -0.15) is 15.1 Å². The summed E-state index contributed by atoms with van der Waals surface area (Å²) in [6.07, 6.45) is 2.45. The molecule has 1 unspecified atom stereocenters. The average Bonchev–Trinajstić information content (AvgIpc) is 3.63. The summed E-state index contributed by atoms with van der Waals surface area (Å²) in [4.78, 5) is 32.8. The normalized spacial score (nSPS) is 19.9. The molecule has 226 valence electrons. The lowest BCUT2D eigenvalue weighted by atomic mass is 10.1. The number of carbonyl (C=O) groups excluding carboxylic acids is 1. The Labute approximate surface area is 253 Å². The van der Waals surface area contributed by atoms with Crippen molar-refractivity contribution in [2.75, 3.05) is 51.3 Å². The molecule has 2 saturated heterocycles. The molecule has 3 aromatic heterocycles. The number of benzene rings is 1. The number of amides is 1. The number of H-pyrrole nitrogens is 1. The number of hydrogen-bond acceptors (Lipinski definition) is 9. The Bertz CT molecular complexity index is 1700. The SMILES string of the molecule is C=CC(=O)N1CCN(c2nc(OC3CN(C(C)(C)C)C[C@H]3OC)nc3nc(-c4c(Cl)c(F)cc5[nH]ncc45)ccc23)CC1. The Morgan fingerprint density at radius 2 is 1.86 bits per heavy atom. The minimum absolute atomic E-state index is 0.0503. The predicted molar refractivity (Wildman–Crippen MR) is 163 cm³/mol. The molecule has 0 aliphatic carbocycles. The van der Waals surface area contributed by atoms with Gasteiger partial charge in [-0.1, -0.05) is 18.2 Å². The maximum Gasteiger partial charge on any atom is 0.320 e. The van der Waals surface area contributed by atoms with Gasteiger partial charge in [0.15, 0.2) is 5.65 Å². The van der Waals surface area contributed by atoms with Crippen LogP contribution in [0, 0.1) is 5.82 Å². The molecule has 0 bridgehead atoms. The molecule has 2 fully saturated rings. The minimum Gasteiger partial charge on any atom is -0.456 e. The summed E-state index contributed by atoms with van der Waals surface area (Å²) >= 11 is 6.47. The van der Waals surface area contributed by atoms with Gasteiger partial charge >= 0.3 is 6.01 Å². The number of fused-ring (bicyclic) bond motifs is 2. The molecule has 43 heavy (non-hydrogen) atoms. The number of piperazine rings is 1. The van der Waals surface area contributed by atoms with Crippen molar-refractivity contribution in [2.45, 2.75) is 38.5 Å². The van der Waals surface area contributed by atoms with Crippen LogP contribution in [0.1, 0.15) is 20.8 Å². The summed E-state index contributed by atoms with van der Waals surface area (Å²) in [6, 6.07) is 5.12. The monoisotopic (exact) mass is 608 g/mol. The molecule has 0 radical (unpaired) electrons. The van der Waals surface area contributed by atoms with Crippen LogP contribution >= 0.6 is 11.6 Å². The van der Waals surface area contributed by atoms with Gasteiger partial charge in [0, 0.05) is 68.9 Å². The quantitative estimate of drug-likeness (QED) is 0.324. The van der Waals surface area contributed by atoms with Gasteiger partial charge in [0.05, 0.1) is 27.8 Å². The number of methoxy groups -OCH3 is 1. The third-order valence-electron chi connectivity index (χ3n) is 8.20. The largest absolute Gasteiger partial charge is 0.456 e. The molecule has 2 aliphatic heterocycles. The first-order valence-corrected chi connectivity index (χ1v) is 14.6. The number of rotatable bonds is 6. The lowest BCUT2D eigenvalue weighted by Crippen LogP contribution is -2.48. The Balaban J connectivity index is 1.42. The predicted octanol–water partition coefficient (Wildman–Crippen LogP) is 4.07. The number of nitrogens with zero attached hydrogens (tertiary/aromatic N) is 7. The fraction of sp³-hybridized carbons (Fsp3) is 0.433. The van der Waals surface area contributed by atoms with Crippen LogP contribution in [0.4, 0.5) is 10.2 Å². The number of carbonyl (C=O) groups is 1. The Kier molecular flexibility index (Phi) is 7.69. The van der Waals surface area contributed by atoms with Crippen molar-refractivity contribution < 1.29 is 18.7 Å². The first-order valence-electron chi connectivity index (χ1n) is 14.2. The third kappa shape index (κ3) is 5.50. The molecule has 2 aliphatic rings.